The highest BCUT2D eigenvalue weighted by Crippen LogP contribution is 2.27. The third kappa shape index (κ3) is 2.33. The van der Waals surface area contributed by atoms with E-state index in [0.717, 1.165) is 31.5 Å². The molecule has 0 radical (unpaired) electrons. The summed E-state index contributed by atoms with van der Waals surface area (Å²) in [7, 11) is 1.79. The Morgan fingerprint density at radius 2 is 2.21 bits per heavy atom. The van der Waals surface area contributed by atoms with Gasteiger partial charge in [-0.05, 0) is 25.2 Å². The maximum Gasteiger partial charge on any atom is 0.274 e. The minimum absolute atomic E-state index is 0.0309. The summed E-state index contributed by atoms with van der Waals surface area (Å²) in [6, 6.07) is 0.326. The van der Waals surface area contributed by atoms with Crippen molar-refractivity contribution in [2.75, 3.05) is 12.3 Å². The molecule has 0 bridgehead atoms. The molecule has 1 fully saturated rings. The molecule has 1 amide bonds. The zero-order valence-corrected chi connectivity index (χ0v) is 12.3. The lowest BCUT2D eigenvalue weighted by Crippen LogP contribution is -2.39. The molecule has 0 aliphatic carbocycles. The summed E-state index contributed by atoms with van der Waals surface area (Å²) in [5.41, 5.74) is 7.98. The standard InChI is InChI=1S/C14H24N4O/c1-5-10-12(15)13(17(4)16-10)14(19)18-8-6-7-11(18)9(2)3/h9,11H,5-8,15H2,1-4H3. The van der Waals surface area contributed by atoms with Crippen molar-refractivity contribution in [3.8, 4) is 0 Å². The number of anilines is 1. The first kappa shape index (κ1) is 13.9. The number of aromatic nitrogens is 2. The summed E-state index contributed by atoms with van der Waals surface area (Å²) in [6.45, 7) is 7.16. The second kappa shape index (κ2) is 5.23. The van der Waals surface area contributed by atoms with Crippen LogP contribution in [0.2, 0.25) is 0 Å². The number of aryl methyl sites for hydroxylation is 2. The number of nitrogens with two attached hydrogens (primary N) is 1. The Morgan fingerprint density at radius 3 is 2.74 bits per heavy atom. The first-order chi connectivity index (χ1) is 8.97. The molecule has 1 saturated heterocycles. The van der Waals surface area contributed by atoms with Crippen molar-refractivity contribution >= 4 is 11.6 Å². The van der Waals surface area contributed by atoms with Crippen LogP contribution in [-0.2, 0) is 13.5 Å². The first-order valence-corrected chi connectivity index (χ1v) is 7.09. The Balaban J connectivity index is 2.32. The van der Waals surface area contributed by atoms with Crippen molar-refractivity contribution in [3.05, 3.63) is 11.4 Å². The second-order valence-electron chi connectivity index (χ2n) is 5.64. The van der Waals surface area contributed by atoms with Crippen molar-refractivity contribution in [1.29, 1.82) is 0 Å². The van der Waals surface area contributed by atoms with Crippen molar-refractivity contribution in [2.45, 2.75) is 46.1 Å². The highest BCUT2D eigenvalue weighted by Gasteiger charge is 2.34. The zero-order valence-electron chi connectivity index (χ0n) is 12.3. The molecule has 1 aromatic heterocycles. The molecule has 1 aliphatic heterocycles. The number of amides is 1. The lowest BCUT2D eigenvalue weighted by molar-refractivity contribution is 0.0691. The maximum atomic E-state index is 12.7. The fraction of sp³-hybridized carbons (Fsp3) is 0.714. The molecule has 2 N–H and O–H groups in total. The van der Waals surface area contributed by atoms with Crippen molar-refractivity contribution < 1.29 is 4.79 Å². The Hall–Kier alpha value is -1.52. The van der Waals surface area contributed by atoms with Gasteiger partial charge in [0.25, 0.3) is 5.91 Å². The molecular weight excluding hydrogens is 240 g/mol. The zero-order chi connectivity index (χ0) is 14.2. The minimum atomic E-state index is 0.0309. The maximum absolute atomic E-state index is 12.7. The number of nitrogens with zero attached hydrogens (tertiary/aromatic N) is 3. The minimum Gasteiger partial charge on any atom is -0.395 e. The number of carbonyl (C=O) groups excluding carboxylic acids is 1. The van der Waals surface area contributed by atoms with Crippen LogP contribution in [0, 0.1) is 5.92 Å². The van der Waals surface area contributed by atoms with Gasteiger partial charge < -0.3 is 10.6 Å². The van der Waals surface area contributed by atoms with Gasteiger partial charge in [-0.3, -0.25) is 9.48 Å². The number of likely N-dealkylation sites (tertiary alicyclic amines) is 1. The Kier molecular flexibility index (Phi) is 3.83. The van der Waals surface area contributed by atoms with Crippen LogP contribution < -0.4 is 5.73 Å². The number of hydrogen-bond acceptors (Lipinski definition) is 3. The topological polar surface area (TPSA) is 64.2 Å². The summed E-state index contributed by atoms with van der Waals surface area (Å²) in [5.74, 6) is 0.509. The van der Waals surface area contributed by atoms with Gasteiger partial charge in [0.05, 0.1) is 11.4 Å². The average Bonchev–Trinajstić information content (AvgIpc) is 2.93. The van der Waals surface area contributed by atoms with E-state index < -0.39 is 0 Å². The lowest BCUT2D eigenvalue weighted by Gasteiger charge is -2.27. The van der Waals surface area contributed by atoms with Gasteiger partial charge in [-0.15, -0.1) is 0 Å². The molecule has 0 aromatic carbocycles. The lowest BCUT2D eigenvalue weighted by atomic mass is 10.0. The predicted octanol–water partition coefficient (Wildman–Crippen LogP) is 1.83. The van der Waals surface area contributed by atoms with E-state index in [4.69, 9.17) is 5.73 Å². The van der Waals surface area contributed by atoms with Gasteiger partial charge in [0.15, 0.2) is 0 Å². The summed E-state index contributed by atoms with van der Waals surface area (Å²) in [6.07, 6.45) is 2.91. The fourth-order valence-electron chi connectivity index (χ4n) is 2.98. The van der Waals surface area contributed by atoms with Crippen LogP contribution in [0.5, 0.6) is 0 Å². The third-order valence-electron chi connectivity index (χ3n) is 4.03. The van der Waals surface area contributed by atoms with Crippen LogP contribution in [-0.4, -0.2) is 33.2 Å². The summed E-state index contributed by atoms with van der Waals surface area (Å²) < 4.78 is 1.63. The van der Waals surface area contributed by atoms with E-state index >= 15 is 0 Å². The first-order valence-electron chi connectivity index (χ1n) is 7.09. The molecule has 5 heteroatoms. The Morgan fingerprint density at radius 1 is 1.53 bits per heavy atom. The van der Waals surface area contributed by atoms with Gasteiger partial charge >= 0.3 is 0 Å². The normalized spacial score (nSPS) is 19.4. The van der Waals surface area contributed by atoms with Gasteiger partial charge in [0.1, 0.15) is 5.69 Å². The largest absolute Gasteiger partial charge is 0.395 e. The molecule has 1 unspecified atom stereocenters. The smallest absolute Gasteiger partial charge is 0.274 e. The summed E-state index contributed by atoms with van der Waals surface area (Å²) in [5, 5.41) is 4.34. The van der Waals surface area contributed by atoms with Crippen LogP contribution in [0.3, 0.4) is 0 Å². The monoisotopic (exact) mass is 264 g/mol. The molecule has 0 saturated carbocycles. The molecule has 0 spiro atoms. The second-order valence-corrected chi connectivity index (χ2v) is 5.64. The average molecular weight is 264 g/mol. The molecule has 2 heterocycles. The summed E-state index contributed by atoms with van der Waals surface area (Å²) in [4.78, 5) is 14.7. The highest BCUT2D eigenvalue weighted by molar-refractivity contribution is 5.98. The fourth-order valence-corrected chi connectivity index (χ4v) is 2.98. The SMILES string of the molecule is CCc1nn(C)c(C(=O)N2CCCC2C(C)C)c1N. The molecule has 1 aliphatic rings. The number of hydrogen-bond donors (Lipinski definition) is 1. The third-order valence-corrected chi connectivity index (χ3v) is 4.03. The summed E-state index contributed by atoms with van der Waals surface area (Å²) >= 11 is 0. The van der Waals surface area contributed by atoms with Crippen LogP contribution in [0.4, 0.5) is 5.69 Å². The number of carbonyl (C=O) groups is 1. The van der Waals surface area contributed by atoms with Crippen molar-refractivity contribution in [2.24, 2.45) is 13.0 Å². The highest BCUT2D eigenvalue weighted by atomic mass is 16.2. The van der Waals surface area contributed by atoms with Gasteiger partial charge in [0, 0.05) is 19.6 Å². The molecule has 1 atom stereocenters. The van der Waals surface area contributed by atoms with E-state index in [1.54, 1.807) is 11.7 Å². The molecular formula is C14H24N4O. The van der Waals surface area contributed by atoms with Crippen LogP contribution >= 0.6 is 0 Å². The quantitative estimate of drug-likeness (QED) is 0.905. The van der Waals surface area contributed by atoms with E-state index in [9.17, 15) is 4.79 Å². The van der Waals surface area contributed by atoms with Gasteiger partial charge in [-0.2, -0.15) is 5.10 Å². The number of nitrogen functional groups attached to an aromatic ring is 1. The van der Waals surface area contributed by atoms with E-state index in [1.807, 2.05) is 11.8 Å². The van der Waals surface area contributed by atoms with E-state index in [0.29, 0.717) is 23.3 Å². The Bertz CT molecular complexity index is 478. The van der Waals surface area contributed by atoms with Crippen LogP contribution in [0.1, 0.15) is 49.8 Å². The molecule has 19 heavy (non-hydrogen) atoms. The van der Waals surface area contributed by atoms with Gasteiger partial charge in [-0.1, -0.05) is 20.8 Å². The predicted molar refractivity (Wildman–Crippen MR) is 75.9 cm³/mol. The van der Waals surface area contributed by atoms with E-state index in [1.165, 1.54) is 0 Å². The van der Waals surface area contributed by atoms with E-state index in [2.05, 4.69) is 18.9 Å². The van der Waals surface area contributed by atoms with Crippen molar-refractivity contribution in [1.82, 2.24) is 14.7 Å². The van der Waals surface area contributed by atoms with Crippen LogP contribution in [0.25, 0.3) is 0 Å². The van der Waals surface area contributed by atoms with Gasteiger partial charge in [-0.25, -0.2) is 0 Å². The molecule has 106 valence electrons. The van der Waals surface area contributed by atoms with Gasteiger partial charge in [0.2, 0.25) is 0 Å². The van der Waals surface area contributed by atoms with E-state index in [-0.39, 0.29) is 5.91 Å². The molecule has 2 rings (SSSR count). The Labute approximate surface area is 114 Å². The number of rotatable bonds is 3. The molecule has 5 nitrogen and oxygen atoms in total. The van der Waals surface area contributed by atoms with Crippen molar-refractivity contribution in [3.63, 3.8) is 0 Å². The van der Waals surface area contributed by atoms with Crippen LogP contribution in [0.15, 0.2) is 0 Å². The molecule has 1 aromatic rings.